The van der Waals surface area contributed by atoms with Crippen LogP contribution >= 0.6 is 11.6 Å². The molecule has 1 aliphatic rings. The number of carbonyl (C=O) groups is 1. The molecule has 0 atom stereocenters. The Morgan fingerprint density at radius 1 is 1.17 bits per heavy atom. The highest BCUT2D eigenvalue weighted by atomic mass is 35.5. The molecule has 0 unspecified atom stereocenters. The standard InChI is InChI=1S/C19H19ClO3/c1-3-23-18(21)19(10-11-19)14-6-4-13(5-7-14)16-9-8-15(20)12-17(16)22-2/h4-9,12H,3,10-11H2,1-2H3. The zero-order chi connectivity index (χ0) is 16.4. The Morgan fingerprint density at radius 2 is 1.87 bits per heavy atom. The maximum atomic E-state index is 12.2. The second-order valence-corrected chi connectivity index (χ2v) is 6.16. The topological polar surface area (TPSA) is 35.5 Å². The lowest BCUT2D eigenvalue weighted by atomic mass is 9.93. The van der Waals surface area contributed by atoms with Gasteiger partial charge in [-0.05, 0) is 49.1 Å². The van der Waals surface area contributed by atoms with Gasteiger partial charge in [-0.2, -0.15) is 0 Å². The summed E-state index contributed by atoms with van der Waals surface area (Å²) >= 11 is 6.01. The van der Waals surface area contributed by atoms with E-state index in [0.717, 1.165) is 35.3 Å². The minimum Gasteiger partial charge on any atom is -0.496 e. The lowest BCUT2D eigenvalue weighted by Gasteiger charge is -2.15. The first-order chi connectivity index (χ1) is 11.1. The van der Waals surface area contributed by atoms with Crippen molar-refractivity contribution in [2.75, 3.05) is 13.7 Å². The van der Waals surface area contributed by atoms with Crippen molar-refractivity contribution >= 4 is 17.6 Å². The molecule has 3 rings (SSSR count). The van der Waals surface area contributed by atoms with Gasteiger partial charge in [-0.1, -0.05) is 35.9 Å². The zero-order valence-corrected chi connectivity index (χ0v) is 14.0. The number of hydrogen-bond donors (Lipinski definition) is 0. The molecule has 0 aromatic heterocycles. The van der Waals surface area contributed by atoms with E-state index in [1.165, 1.54) is 0 Å². The Kier molecular flexibility index (Phi) is 4.31. The van der Waals surface area contributed by atoms with Gasteiger partial charge in [0.25, 0.3) is 0 Å². The largest absolute Gasteiger partial charge is 0.496 e. The van der Waals surface area contributed by atoms with E-state index in [1.54, 1.807) is 13.2 Å². The molecule has 1 aliphatic carbocycles. The quantitative estimate of drug-likeness (QED) is 0.751. The first-order valence-corrected chi connectivity index (χ1v) is 8.10. The number of rotatable bonds is 5. The molecule has 0 amide bonds. The molecule has 2 aromatic carbocycles. The SMILES string of the molecule is CCOC(=O)C1(c2ccc(-c3ccc(Cl)cc3OC)cc2)CC1. The predicted molar refractivity (Wildman–Crippen MR) is 91.0 cm³/mol. The summed E-state index contributed by atoms with van der Waals surface area (Å²) in [4.78, 5) is 12.2. The van der Waals surface area contributed by atoms with Crippen LogP contribution in [0.25, 0.3) is 11.1 Å². The van der Waals surface area contributed by atoms with Crippen LogP contribution in [0.2, 0.25) is 5.02 Å². The number of halogens is 1. The van der Waals surface area contributed by atoms with Crippen molar-refractivity contribution in [3.8, 4) is 16.9 Å². The second-order valence-electron chi connectivity index (χ2n) is 5.72. The highest BCUT2D eigenvalue weighted by Gasteiger charge is 2.52. The molecule has 0 N–H and O–H groups in total. The van der Waals surface area contributed by atoms with Gasteiger partial charge in [0.2, 0.25) is 0 Å². The Hall–Kier alpha value is -2.00. The number of benzene rings is 2. The fraction of sp³-hybridized carbons (Fsp3) is 0.316. The monoisotopic (exact) mass is 330 g/mol. The molecule has 0 aliphatic heterocycles. The summed E-state index contributed by atoms with van der Waals surface area (Å²) in [6.07, 6.45) is 1.71. The molecule has 0 radical (unpaired) electrons. The van der Waals surface area contributed by atoms with Crippen LogP contribution < -0.4 is 4.74 Å². The predicted octanol–water partition coefficient (Wildman–Crippen LogP) is 4.61. The summed E-state index contributed by atoms with van der Waals surface area (Å²) in [5.41, 5.74) is 2.59. The number of hydrogen-bond acceptors (Lipinski definition) is 3. The van der Waals surface area contributed by atoms with Crippen molar-refractivity contribution in [2.45, 2.75) is 25.2 Å². The van der Waals surface area contributed by atoms with E-state index >= 15 is 0 Å². The lowest BCUT2D eigenvalue weighted by molar-refractivity contribution is -0.146. The van der Waals surface area contributed by atoms with Crippen molar-refractivity contribution in [3.05, 3.63) is 53.1 Å². The van der Waals surface area contributed by atoms with Crippen LogP contribution in [0.5, 0.6) is 5.75 Å². The van der Waals surface area contributed by atoms with E-state index in [-0.39, 0.29) is 5.97 Å². The number of carbonyl (C=O) groups excluding carboxylic acids is 1. The van der Waals surface area contributed by atoms with Crippen molar-refractivity contribution < 1.29 is 14.3 Å². The van der Waals surface area contributed by atoms with Gasteiger partial charge in [0.05, 0.1) is 19.1 Å². The first kappa shape index (κ1) is 15.9. The van der Waals surface area contributed by atoms with Crippen LogP contribution in [0.1, 0.15) is 25.3 Å². The average molecular weight is 331 g/mol. The molecular formula is C19H19ClO3. The Bertz CT molecular complexity index is 718. The molecule has 0 bridgehead atoms. The fourth-order valence-electron chi connectivity index (χ4n) is 2.88. The van der Waals surface area contributed by atoms with Gasteiger partial charge < -0.3 is 9.47 Å². The van der Waals surface area contributed by atoms with Crippen LogP contribution in [0.4, 0.5) is 0 Å². The minimum atomic E-state index is -0.432. The van der Waals surface area contributed by atoms with Crippen LogP contribution in [-0.2, 0) is 14.9 Å². The van der Waals surface area contributed by atoms with E-state index in [4.69, 9.17) is 21.1 Å². The number of ether oxygens (including phenoxy) is 2. The van der Waals surface area contributed by atoms with Gasteiger partial charge >= 0.3 is 5.97 Å². The van der Waals surface area contributed by atoms with Crippen LogP contribution in [-0.4, -0.2) is 19.7 Å². The lowest BCUT2D eigenvalue weighted by Crippen LogP contribution is -2.23. The molecule has 3 nitrogen and oxygen atoms in total. The third-order valence-electron chi connectivity index (χ3n) is 4.33. The van der Waals surface area contributed by atoms with Crippen LogP contribution in [0, 0.1) is 0 Å². The summed E-state index contributed by atoms with van der Waals surface area (Å²) in [5, 5.41) is 0.640. The van der Waals surface area contributed by atoms with Crippen molar-refractivity contribution in [3.63, 3.8) is 0 Å². The first-order valence-electron chi connectivity index (χ1n) is 7.72. The van der Waals surface area contributed by atoms with Gasteiger partial charge in [-0.25, -0.2) is 0 Å². The van der Waals surface area contributed by atoms with Crippen LogP contribution in [0.15, 0.2) is 42.5 Å². The number of methoxy groups -OCH3 is 1. The third-order valence-corrected chi connectivity index (χ3v) is 4.56. The Balaban J connectivity index is 1.90. The normalized spacial score (nSPS) is 15.1. The molecule has 1 saturated carbocycles. The summed E-state index contributed by atoms with van der Waals surface area (Å²) < 4.78 is 10.6. The highest BCUT2D eigenvalue weighted by molar-refractivity contribution is 6.30. The van der Waals surface area contributed by atoms with E-state index in [9.17, 15) is 4.79 Å². The van der Waals surface area contributed by atoms with E-state index < -0.39 is 5.41 Å². The van der Waals surface area contributed by atoms with Crippen molar-refractivity contribution in [2.24, 2.45) is 0 Å². The molecule has 0 spiro atoms. The Morgan fingerprint density at radius 3 is 2.43 bits per heavy atom. The third kappa shape index (κ3) is 2.93. The molecule has 4 heteroatoms. The Labute approximate surface area is 141 Å². The molecule has 1 fully saturated rings. The fourth-order valence-corrected chi connectivity index (χ4v) is 3.04. The molecule has 2 aromatic rings. The number of esters is 1. The molecule has 0 saturated heterocycles. The summed E-state index contributed by atoms with van der Waals surface area (Å²) in [6, 6.07) is 13.6. The smallest absolute Gasteiger partial charge is 0.316 e. The average Bonchev–Trinajstić information content (AvgIpc) is 3.37. The molecule has 120 valence electrons. The van der Waals surface area contributed by atoms with Gasteiger partial charge in [-0.15, -0.1) is 0 Å². The maximum absolute atomic E-state index is 12.2. The summed E-state index contributed by atoms with van der Waals surface area (Å²) in [7, 11) is 1.63. The zero-order valence-electron chi connectivity index (χ0n) is 13.3. The molecule has 23 heavy (non-hydrogen) atoms. The molecular weight excluding hydrogens is 312 g/mol. The summed E-state index contributed by atoms with van der Waals surface area (Å²) in [6.45, 7) is 2.25. The van der Waals surface area contributed by atoms with E-state index in [1.807, 2.05) is 43.3 Å². The van der Waals surface area contributed by atoms with Crippen LogP contribution in [0.3, 0.4) is 0 Å². The highest BCUT2D eigenvalue weighted by Crippen LogP contribution is 2.49. The summed E-state index contributed by atoms with van der Waals surface area (Å²) in [5.74, 6) is 0.619. The maximum Gasteiger partial charge on any atom is 0.316 e. The van der Waals surface area contributed by atoms with Crippen molar-refractivity contribution in [1.82, 2.24) is 0 Å². The van der Waals surface area contributed by atoms with Gasteiger partial charge in [0.15, 0.2) is 0 Å². The van der Waals surface area contributed by atoms with Crippen molar-refractivity contribution in [1.29, 1.82) is 0 Å². The second kappa shape index (κ2) is 6.25. The van der Waals surface area contributed by atoms with Gasteiger partial charge in [0.1, 0.15) is 5.75 Å². The van der Waals surface area contributed by atoms with Gasteiger partial charge in [-0.3, -0.25) is 4.79 Å². The van der Waals surface area contributed by atoms with E-state index in [2.05, 4.69) is 0 Å². The minimum absolute atomic E-state index is 0.114. The van der Waals surface area contributed by atoms with E-state index in [0.29, 0.717) is 11.6 Å². The molecule has 0 heterocycles. The van der Waals surface area contributed by atoms with Gasteiger partial charge in [0, 0.05) is 10.6 Å².